The van der Waals surface area contributed by atoms with Gasteiger partial charge in [0.15, 0.2) is 0 Å². The third-order valence-electron chi connectivity index (χ3n) is 2.97. The minimum Gasteiger partial charge on any atom is -0.310 e. The first-order valence-electron chi connectivity index (χ1n) is 6.41. The highest BCUT2D eigenvalue weighted by atomic mass is 14.9. The molecular weight excluding hydrogens is 222 g/mol. The second-order valence-electron chi connectivity index (χ2n) is 4.35. The SMILES string of the molecule is CCCNC(C)c1ccccc1-c1cnccn1. The summed E-state index contributed by atoms with van der Waals surface area (Å²) in [6.07, 6.45) is 6.38. The minimum absolute atomic E-state index is 0.322. The quantitative estimate of drug-likeness (QED) is 0.873. The van der Waals surface area contributed by atoms with Gasteiger partial charge in [0.25, 0.3) is 0 Å². The third-order valence-corrected chi connectivity index (χ3v) is 2.97. The second-order valence-corrected chi connectivity index (χ2v) is 4.35. The summed E-state index contributed by atoms with van der Waals surface area (Å²) in [4.78, 5) is 8.52. The molecule has 0 aliphatic carbocycles. The van der Waals surface area contributed by atoms with Crippen LogP contribution in [-0.4, -0.2) is 16.5 Å². The van der Waals surface area contributed by atoms with E-state index >= 15 is 0 Å². The molecule has 1 heterocycles. The zero-order chi connectivity index (χ0) is 12.8. The fourth-order valence-electron chi connectivity index (χ4n) is 2.02. The first-order valence-corrected chi connectivity index (χ1v) is 6.41. The van der Waals surface area contributed by atoms with E-state index < -0.39 is 0 Å². The smallest absolute Gasteiger partial charge is 0.0888 e. The normalized spacial score (nSPS) is 12.3. The first kappa shape index (κ1) is 12.7. The van der Waals surface area contributed by atoms with Crippen molar-refractivity contribution >= 4 is 0 Å². The van der Waals surface area contributed by atoms with Crippen LogP contribution in [0.1, 0.15) is 31.9 Å². The van der Waals surface area contributed by atoms with Crippen LogP contribution >= 0.6 is 0 Å². The Morgan fingerprint density at radius 1 is 1.22 bits per heavy atom. The number of benzene rings is 1. The molecule has 2 rings (SSSR count). The molecule has 0 radical (unpaired) electrons. The number of aromatic nitrogens is 2. The van der Waals surface area contributed by atoms with Gasteiger partial charge in [0.1, 0.15) is 0 Å². The molecule has 2 aromatic rings. The Hall–Kier alpha value is -1.74. The molecule has 3 heteroatoms. The average molecular weight is 241 g/mol. The van der Waals surface area contributed by atoms with Gasteiger partial charge in [0, 0.05) is 24.0 Å². The van der Waals surface area contributed by atoms with Crippen LogP contribution in [0, 0.1) is 0 Å². The van der Waals surface area contributed by atoms with Crippen molar-refractivity contribution in [3.8, 4) is 11.3 Å². The molecule has 1 unspecified atom stereocenters. The highest BCUT2D eigenvalue weighted by molar-refractivity contribution is 5.63. The standard InChI is InChI=1S/C15H19N3/c1-3-8-17-12(2)13-6-4-5-7-14(13)15-11-16-9-10-18-15/h4-7,9-12,17H,3,8H2,1-2H3. The number of hydrogen-bond donors (Lipinski definition) is 1. The Morgan fingerprint density at radius 2 is 2.06 bits per heavy atom. The van der Waals surface area contributed by atoms with E-state index in [9.17, 15) is 0 Å². The largest absolute Gasteiger partial charge is 0.310 e. The lowest BCUT2D eigenvalue weighted by Gasteiger charge is -2.17. The number of hydrogen-bond acceptors (Lipinski definition) is 3. The van der Waals surface area contributed by atoms with E-state index in [0.29, 0.717) is 6.04 Å². The molecule has 3 nitrogen and oxygen atoms in total. The van der Waals surface area contributed by atoms with Crippen LogP contribution in [0.2, 0.25) is 0 Å². The summed E-state index contributed by atoms with van der Waals surface area (Å²) in [6, 6.07) is 8.68. The minimum atomic E-state index is 0.322. The lowest BCUT2D eigenvalue weighted by atomic mass is 9.99. The Kier molecular flexibility index (Phi) is 4.42. The highest BCUT2D eigenvalue weighted by Gasteiger charge is 2.11. The van der Waals surface area contributed by atoms with E-state index in [-0.39, 0.29) is 0 Å². The summed E-state index contributed by atoms with van der Waals surface area (Å²) in [7, 11) is 0. The van der Waals surface area contributed by atoms with Crippen LogP contribution < -0.4 is 5.32 Å². The zero-order valence-corrected chi connectivity index (χ0v) is 10.9. The number of nitrogens with zero attached hydrogens (tertiary/aromatic N) is 2. The van der Waals surface area contributed by atoms with Gasteiger partial charge in [-0.3, -0.25) is 9.97 Å². The molecule has 18 heavy (non-hydrogen) atoms. The summed E-state index contributed by atoms with van der Waals surface area (Å²) >= 11 is 0. The maximum atomic E-state index is 4.38. The Labute approximate surface area is 108 Å². The van der Waals surface area contributed by atoms with Crippen LogP contribution in [0.15, 0.2) is 42.9 Å². The Morgan fingerprint density at radius 3 is 2.78 bits per heavy atom. The van der Waals surface area contributed by atoms with E-state index in [1.165, 1.54) is 5.56 Å². The van der Waals surface area contributed by atoms with Gasteiger partial charge < -0.3 is 5.32 Å². The van der Waals surface area contributed by atoms with Gasteiger partial charge in [-0.15, -0.1) is 0 Å². The highest BCUT2D eigenvalue weighted by Crippen LogP contribution is 2.25. The van der Waals surface area contributed by atoms with E-state index in [1.807, 2.05) is 12.3 Å². The average Bonchev–Trinajstić information content (AvgIpc) is 2.45. The fraction of sp³-hybridized carbons (Fsp3) is 0.333. The summed E-state index contributed by atoms with van der Waals surface area (Å²) in [5, 5.41) is 3.51. The molecule has 1 aromatic carbocycles. The molecule has 0 aliphatic heterocycles. The molecule has 1 N–H and O–H groups in total. The summed E-state index contributed by atoms with van der Waals surface area (Å²) in [5.74, 6) is 0. The van der Waals surface area contributed by atoms with E-state index in [1.54, 1.807) is 12.4 Å². The molecule has 94 valence electrons. The molecule has 0 saturated carbocycles. The predicted octanol–water partition coefficient (Wildman–Crippen LogP) is 3.20. The number of rotatable bonds is 5. The third kappa shape index (κ3) is 2.93. The van der Waals surface area contributed by atoms with E-state index in [0.717, 1.165) is 24.2 Å². The number of nitrogens with one attached hydrogen (secondary N) is 1. The predicted molar refractivity (Wildman–Crippen MR) is 74.2 cm³/mol. The van der Waals surface area contributed by atoms with Crippen LogP contribution in [0.5, 0.6) is 0 Å². The Balaban J connectivity index is 2.31. The summed E-state index contributed by atoms with van der Waals surface area (Å²) < 4.78 is 0. The molecular formula is C15H19N3. The lowest BCUT2D eigenvalue weighted by Crippen LogP contribution is -2.19. The van der Waals surface area contributed by atoms with Crippen molar-refractivity contribution in [3.05, 3.63) is 48.4 Å². The molecule has 0 saturated heterocycles. The van der Waals surface area contributed by atoms with Crippen molar-refractivity contribution in [2.24, 2.45) is 0 Å². The maximum absolute atomic E-state index is 4.38. The van der Waals surface area contributed by atoms with Crippen LogP contribution in [0.25, 0.3) is 11.3 Å². The maximum Gasteiger partial charge on any atom is 0.0888 e. The fourth-order valence-corrected chi connectivity index (χ4v) is 2.02. The van der Waals surface area contributed by atoms with Gasteiger partial charge in [-0.05, 0) is 25.5 Å². The molecule has 0 fully saturated rings. The summed E-state index contributed by atoms with van der Waals surface area (Å²) in [6.45, 7) is 5.38. The van der Waals surface area contributed by atoms with Gasteiger partial charge >= 0.3 is 0 Å². The van der Waals surface area contributed by atoms with Crippen molar-refractivity contribution in [1.82, 2.24) is 15.3 Å². The molecule has 0 amide bonds. The first-order chi connectivity index (χ1) is 8.83. The summed E-state index contributed by atoms with van der Waals surface area (Å²) in [5.41, 5.74) is 3.35. The van der Waals surface area contributed by atoms with E-state index in [4.69, 9.17) is 0 Å². The van der Waals surface area contributed by atoms with Gasteiger partial charge in [0.05, 0.1) is 11.9 Å². The van der Waals surface area contributed by atoms with Crippen LogP contribution in [0.3, 0.4) is 0 Å². The molecule has 0 bridgehead atoms. The van der Waals surface area contributed by atoms with Crippen LogP contribution in [0.4, 0.5) is 0 Å². The van der Waals surface area contributed by atoms with Gasteiger partial charge in [-0.2, -0.15) is 0 Å². The lowest BCUT2D eigenvalue weighted by molar-refractivity contribution is 0.571. The molecule has 0 aliphatic rings. The van der Waals surface area contributed by atoms with Crippen molar-refractivity contribution in [2.75, 3.05) is 6.54 Å². The second kappa shape index (κ2) is 6.26. The topological polar surface area (TPSA) is 37.8 Å². The van der Waals surface area contributed by atoms with E-state index in [2.05, 4.69) is 47.3 Å². The molecule has 1 aromatic heterocycles. The molecule has 0 spiro atoms. The van der Waals surface area contributed by atoms with Crippen molar-refractivity contribution in [1.29, 1.82) is 0 Å². The van der Waals surface area contributed by atoms with Crippen molar-refractivity contribution in [2.45, 2.75) is 26.3 Å². The molecule has 1 atom stereocenters. The van der Waals surface area contributed by atoms with Gasteiger partial charge in [0.2, 0.25) is 0 Å². The van der Waals surface area contributed by atoms with Crippen molar-refractivity contribution < 1.29 is 0 Å². The van der Waals surface area contributed by atoms with Gasteiger partial charge in [-0.1, -0.05) is 31.2 Å². The Bertz CT molecular complexity index is 482. The van der Waals surface area contributed by atoms with Gasteiger partial charge in [-0.25, -0.2) is 0 Å². The zero-order valence-electron chi connectivity index (χ0n) is 10.9. The van der Waals surface area contributed by atoms with Crippen molar-refractivity contribution in [3.63, 3.8) is 0 Å². The van der Waals surface area contributed by atoms with Crippen LogP contribution in [-0.2, 0) is 0 Å². The monoisotopic (exact) mass is 241 g/mol.